The summed E-state index contributed by atoms with van der Waals surface area (Å²) < 4.78 is 0.964. The Morgan fingerprint density at radius 2 is 1.86 bits per heavy atom. The van der Waals surface area contributed by atoms with Crippen LogP contribution < -0.4 is 5.32 Å². The average molecular weight is 344 g/mol. The molecule has 0 unspecified atom stereocenters. The van der Waals surface area contributed by atoms with Crippen LogP contribution in [0.4, 0.5) is 5.69 Å². The number of allylic oxidation sites excluding steroid dienone is 1. The molecule has 108 valence electrons. The first kappa shape index (κ1) is 15.5. The molecule has 0 bridgehead atoms. The van der Waals surface area contributed by atoms with Crippen LogP contribution in [0.2, 0.25) is 0 Å². The van der Waals surface area contributed by atoms with E-state index in [0.29, 0.717) is 11.5 Å². The highest BCUT2D eigenvalue weighted by molar-refractivity contribution is 9.10. The number of hydrogen-bond donors (Lipinski definition) is 1. The molecule has 0 saturated heterocycles. The summed E-state index contributed by atoms with van der Waals surface area (Å²) >= 11 is 3.35. The van der Waals surface area contributed by atoms with E-state index in [1.807, 2.05) is 24.3 Å². The zero-order chi connectivity index (χ0) is 15.2. The molecule has 0 aliphatic rings. The van der Waals surface area contributed by atoms with Crippen molar-refractivity contribution in [2.24, 2.45) is 0 Å². The maximum Gasteiger partial charge on any atom is 0.187 e. The lowest BCUT2D eigenvalue weighted by Crippen LogP contribution is -1.96. The van der Waals surface area contributed by atoms with Crippen LogP contribution >= 0.6 is 15.9 Å². The zero-order valence-electron chi connectivity index (χ0n) is 12.1. The number of benzene rings is 2. The van der Waals surface area contributed by atoms with Gasteiger partial charge < -0.3 is 5.32 Å². The first-order chi connectivity index (χ1) is 10.1. The zero-order valence-corrected chi connectivity index (χ0v) is 13.7. The number of rotatable bonds is 5. The Balaban J connectivity index is 2.00. The first-order valence-electron chi connectivity index (χ1n) is 6.89. The molecule has 21 heavy (non-hydrogen) atoms. The van der Waals surface area contributed by atoms with Crippen LogP contribution in [0, 0.1) is 0 Å². The smallest absolute Gasteiger partial charge is 0.187 e. The van der Waals surface area contributed by atoms with Gasteiger partial charge in [-0.3, -0.25) is 4.79 Å². The summed E-state index contributed by atoms with van der Waals surface area (Å²) in [6.45, 7) is 4.32. The number of nitrogens with one attached hydrogen (secondary N) is 1. The lowest BCUT2D eigenvalue weighted by molar-refractivity contribution is 0.104. The van der Waals surface area contributed by atoms with Crippen molar-refractivity contribution in [1.29, 1.82) is 0 Å². The fourth-order valence-corrected chi connectivity index (χ4v) is 2.18. The minimum absolute atomic E-state index is 0.0185. The molecule has 0 amide bonds. The third kappa shape index (κ3) is 4.57. The SMILES string of the molecule is CC(C)c1cccc(N/C=C/C(=O)c2ccc(Br)cc2)c1. The highest BCUT2D eigenvalue weighted by Gasteiger charge is 2.01. The number of carbonyl (C=O) groups is 1. The van der Waals surface area contributed by atoms with Crippen molar-refractivity contribution in [3.63, 3.8) is 0 Å². The van der Waals surface area contributed by atoms with Crippen molar-refractivity contribution >= 4 is 27.4 Å². The first-order valence-corrected chi connectivity index (χ1v) is 7.68. The summed E-state index contributed by atoms with van der Waals surface area (Å²) in [7, 11) is 0. The second-order valence-corrected chi connectivity index (χ2v) is 6.04. The molecule has 0 aromatic heterocycles. The van der Waals surface area contributed by atoms with Crippen LogP contribution in [0.5, 0.6) is 0 Å². The van der Waals surface area contributed by atoms with Crippen LogP contribution in [0.3, 0.4) is 0 Å². The van der Waals surface area contributed by atoms with Gasteiger partial charge in [-0.15, -0.1) is 0 Å². The fraction of sp³-hybridized carbons (Fsp3) is 0.167. The second-order valence-electron chi connectivity index (χ2n) is 5.13. The molecule has 0 saturated carbocycles. The summed E-state index contributed by atoms with van der Waals surface area (Å²) in [6, 6.07) is 15.5. The minimum Gasteiger partial charge on any atom is -0.362 e. The molecular weight excluding hydrogens is 326 g/mol. The van der Waals surface area contributed by atoms with Crippen molar-refractivity contribution in [2.45, 2.75) is 19.8 Å². The van der Waals surface area contributed by atoms with Crippen molar-refractivity contribution in [1.82, 2.24) is 0 Å². The van der Waals surface area contributed by atoms with E-state index in [9.17, 15) is 4.79 Å². The number of hydrogen-bond acceptors (Lipinski definition) is 2. The van der Waals surface area contributed by atoms with Crippen LogP contribution in [0.15, 0.2) is 65.3 Å². The minimum atomic E-state index is -0.0185. The molecule has 0 aliphatic carbocycles. The van der Waals surface area contributed by atoms with E-state index >= 15 is 0 Å². The van der Waals surface area contributed by atoms with E-state index < -0.39 is 0 Å². The van der Waals surface area contributed by atoms with Crippen LogP contribution in [0.1, 0.15) is 35.7 Å². The Bertz CT molecular complexity index is 645. The van der Waals surface area contributed by atoms with Gasteiger partial charge in [-0.1, -0.05) is 41.9 Å². The molecule has 2 nitrogen and oxygen atoms in total. The predicted molar refractivity (Wildman–Crippen MR) is 91.8 cm³/mol. The van der Waals surface area contributed by atoms with E-state index in [2.05, 4.69) is 47.2 Å². The Morgan fingerprint density at radius 1 is 1.14 bits per heavy atom. The van der Waals surface area contributed by atoms with Crippen molar-refractivity contribution in [2.75, 3.05) is 5.32 Å². The Morgan fingerprint density at radius 3 is 2.52 bits per heavy atom. The molecule has 3 heteroatoms. The van der Waals surface area contributed by atoms with Gasteiger partial charge >= 0.3 is 0 Å². The molecule has 2 aromatic carbocycles. The Kier molecular flexibility index (Phi) is 5.34. The standard InChI is InChI=1S/C18H18BrNO/c1-13(2)15-4-3-5-17(12-15)20-11-10-18(21)14-6-8-16(19)9-7-14/h3-13,20H,1-2H3/b11-10+. The molecule has 0 spiro atoms. The molecule has 2 aromatic rings. The summed E-state index contributed by atoms with van der Waals surface area (Å²) in [6.07, 6.45) is 3.23. The third-order valence-corrected chi connectivity index (χ3v) is 3.70. The van der Waals surface area contributed by atoms with Crippen molar-refractivity contribution in [3.8, 4) is 0 Å². The van der Waals surface area contributed by atoms with Gasteiger partial charge in [-0.25, -0.2) is 0 Å². The quantitative estimate of drug-likeness (QED) is 0.583. The maximum atomic E-state index is 12.0. The lowest BCUT2D eigenvalue weighted by Gasteiger charge is -2.07. The normalized spacial score (nSPS) is 11.0. The van der Waals surface area contributed by atoms with Crippen LogP contribution in [-0.4, -0.2) is 5.78 Å². The fourth-order valence-electron chi connectivity index (χ4n) is 1.91. The average Bonchev–Trinajstić information content (AvgIpc) is 2.48. The molecule has 1 N–H and O–H groups in total. The van der Waals surface area contributed by atoms with Gasteiger partial charge in [0.2, 0.25) is 0 Å². The van der Waals surface area contributed by atoms with Crippen molar-refractivity contribution < 1.29 is 4.79 Å². The Labute approximate surface area is 134 Å². The highest BCUT2D eigenvalue weighted by Crippen LogP contribution is 2.18. The second kappa shape index (κ2) is 7.23. The number of ketones is 1. The van der Waals surface area contributed by atoms with Crippen LogP contribution in [-0.2, 0) is 0 Å². The third-order valence-electron chi connectivity index (χ3n) is 3.17. The van der Waals surface area contributed by atoms with Gasteiger partial charge in [-0.2, -0.15) is 0 Å². The number of anilines is 1. The number of halogens is 1. The highest BCUT2D eigenvalue weighted by atomic mass is 79.9. The van der Waals surface area contributed by atoms with E-state index in [4.69, 9.17) is 0 Å². The lowest BCUT2D eigenvalue weighted by atomic mass is 10.0. The summed E-state index contributed by atoms with van der Waals surface area (Å²) in [4.78, 5) is 12.0. The summed E-state index contributed by atoms with van der Waals surface area (Å²) in [5, 5.41) is 3.14. The molecule has 2 rings (SSSR count). The molecule has 0 atom stereocenters. The molecule has 0 fully saturated rings. The maximum absolute atomic E-state index is 12.0. The monoisotopic (exact) mass is 343 g/mol. The largest absolute Gasteiger partial charge is 0.362 e. The number of carbonyl (C=O) groups excluding carboxylic acids is 1. The van der Waals surface area contributed by atoms with Crippen LogP contribution in [0.25, 0.3) is 0 Å². The van der Waals surface area contributed by atoms with Gasteiger partial charge in [0.05, 0.1) is 0 Å². The van der Waals surface area contributed by atoms with E-state index in [1.54, 1.807) is 24.4 Å². The van der Waals surface area contributed by atoms with E-state index in [-0.39, 0.29) is 5.78 Å². The van der Waals surface area contributed by atoms with Gasteiger partial charge in [0, 0.05) is 28.0 Å². The van der Waals surface area contributed by atoms with Gasteiger partial charge in [0.1, 0.15) is 0 Å². The molecule has 0 radical (unpaired) electrons. The molecular formula is C18H18BrNO. The molecule has 0 aliphatic heterocycles. The summed E-state index contributed by atoms with van der Waals surface area (Å²) in [5.41, 5.74) is 2.93. The van der Waals surface area contributed by atoms with Gasteiger partial charge in [0.25, 0.3) is 0 Å². The summed E-state index contributed by atoms with van der Waals surface area (Å²) in [5.74, 6) is 0.468. The predicted octanol–water partition coefficient (Wildman–Crippen LogP) is 5.38. The Hall–Kier alpha value is -1.87. The molecule has 0 heterocycles. The van der Waals surface area contributed by atoms with Gasteiger partial charge in [0.15, 0.2) is 5.78 Å². The van der Waals surface area contributed by atoms with E-state index in [1.165, 1.54) is 5.56 Å². The topological polar surface area (TPSA) is 29.1 Å². The van der Waals surface area contributed by atoms with Crippen molar-refractivity contribution in [3.05, 3.63) is 76.4 Å². The van der Waals surface area contributed by atoms with Gasteiger partial charge in [-0.05, 0) is 47.9 Å². The van der Waals surface area contributed by atoms with E-state index in [0.717, 1.165) is 10.2 Å².